The van der Waals surface area contributed by atoms with Gasteiger partial charge in [0.15, 0.2) is 0 Å². The van der Waals surface area contributed by atoms with Crippen LogP contribution in [-0.4, -0.2) is 13.2 Å². The molecule has 3 heteroatoms. The number of aliphatic imine (C=N–C) groups is 1. The van der Waals surface area contributed by atoms with Gasteiger partial charge >= 0.3 is 0 Å². The van der Waals surface area contributed by atoms with Crippen LogP contribution < -0.4 is 4.74 Å². The third kappa shape index (κ3) is 2.67. The summed E-state index contributed by atoms with van der Waals surface area (Å²) in [6.45, 7) is 6.25. The van der Waals surface area contributed by atoms with E-state index in [0.717, 1.165) is 11.3 Å². The van der Waals surface area contributed by atoms with Crippen molar-refractivity contribution >= 4 is 11.8 Å². The molecule has 0 radical (unpaired) electrons. The fourth-order valence-electron chi connectivity index (χ4n) is 1.40. The van der Waals surface area contributed by atoms with E-state index in [9.17, 15) is 4.79 Å². The van der Waals surface area contributed by atoms with E-state index in [-0.39, 0.29) is 5.41 Å². The Kier molecular flexibility index (Phi) is 3.28. The first kappa shape index (κ1) is 11.5. The zero-order chi connectivity index (χ0) is 11.5. The molecule has 0 spiro atoms. The average molecular weight is 205 g/mol. The standard InChI is InChI=1S/C12H15NO2/c1-12(2,3)10-7-9(13-8-14)5-6-11(10)15-4/h5-7H,1-4H3. The quantitative estimate of drug-likeness (QED) is 0.550. The van der Waals surface area contributed by atoms with Crippen molar-refractivity contribution in [3.63, 3.8) is 0 Å². The molecule has 0 N–H and O–H groups in total. The van der Waals surface area contributed by atoms with Crippen molar-refractivity contribution in [2.75, 3.05) is 7.11 Å². The Hall–Kier alpha value is -1.60. The molecule has 3 nitrogen and oxygen atoms in total. The van der Waals surface area contributed by atoms with Gasteiger partial charge in [0.05, 0.1) is 12.8 Å². The third-order valence-electron chi connectivity index (χ3n) is 2.17. The van der Waals surface area contributed by atoms with E-state index in [1.807, 2.05) is 12.1 Å². The van der Waals surface area contributed by atoms with Crippen LogP contribution in [0.1, 0.15) is 26.3 Å². The Bertz CT molecular complexity index is 399. The van der Waals surface area contributed by atoms with Crippen LogP contribution in [0.4, 0.5) is 5.69 Å². The smallest absolute Gasteiger partial charge is 0.240 e. The highest BCUT2D eigenvalue weighted by Crippen LogP contribution is 2.33. The summed E-state index contributed by atoms with van der Waals surface area (Å²) in [5.74, 6) is 0.812. The van der Waals surface area contributed by atoms with E-state index in [0.29, 0.717) is 5.69 Å². The number of benzene rings is 1. The molecule has 0 aliphatic rings. The summed E-state index contributed by atoms with van der Waals surface area (Å²) in [6, 6.07) is 5.40. The van der Waals surface area contributed by atoms with Crippen molar-refractivity contribution in [2.24, 2.45) is 4.99 Å². The van der Waals surface area contributed by atoms with Crippen molar-refractivity contribution in [1.29, 1.82) is 0 Å². The summed E-state index contributed by atoms with van der Waals surface area (Å²) in [5.41, 5.74) is 1.59. The largest absolute Gasteiger partial charge is 0.496 e. The molecule has 0 aliphatic heterocycles. The summed E-state index contributed by atoms with van der Waals surface area (Å²) >= 11 is 0. The number of hydrogen-bond acceptors (Lipinski definition) is 3. The van der Waals surface area contributed by atoms with Gasteiger partial charge in [-0.15, -0.1) is 0 Å². The number of ether oxygens (including phenoxy) is 1. The summed E-state index contributed by atoms with van der Waals surface area (Å²) in [6.07, 6.45) is 1.53. The molecule has 1 rings (SSSR count). The molecule has 0 saturated carbocycles. The molecule has 0 fully saturated rings. The SMILES string of the molecule is COc1ccc(N=C=O)cc1C(C)(C)C. The van der Waals surface area contributed by atoms with E-state index in [1.165, 1.54) is 6.08 Å². The lowest BCUT2D eigenvalue weighted by Gasteiger charge is -2.22. The van der Waals surface area contributed by atoms with Gasteiger partial charge in [0.2, 0.25) is 6.08 Å². The number of methoxy groups -OCH3 is 1. The van der Waals surface area contributed by atoms with Crippen LogP contribution in [0.5, 0.6) is 5.75 Å². The van der Waals surface area contributed by atoms with Gasteiger partial charge in [0.1, 0.15) is 5.75 Å². The Morgan fingerprint density at radius 1 is 1.33 bits per heavy atom. The van der Waals surface area contributed by atoms with Gasteiger partial charge in [-0.1, -0.05) is 20.8 Å². The topological polar surface area (TPSA) is 38.7 Å². The minimum atomic E-state index is -0.0419. The molecular weight excluding hydrogens is 190 g/mol. The summed E-state index contributed by atoms with van der Waals surface area (Å²) in [7, 11) is 1.63. The van der Waals surface area contributed by atoms with Gasteiger partial charge in [-0.25, -0.2) is 4.79 Å². The zero-order valence-corrected chi connectivity index (χ0v) is 9.50. The van der Waals surface area contributed by atoms with E-state index >= 15 is 0 Å². The van der Waals surface area contributed by atoms with Crippen LogP contribution in [0.3, 0.4) is 0 Å². The maximum absolute atomic E-state index is 10.2. The molecule has 80 valence electrons. The van der Waals surface area contributed by atoms with Crippen molar-refractivity contribution in [1.82, 2.24) is 0 Å². The molecule has 0 unspecified atom stereocenters. The van der Waals surface area contributed by atoms with Crippen molar-refractivity contribution in [3.05, 3.63) is 23.8 Å². The van der Waals surface area contributed by atoms with Crippen LogP contribution >= 0.6 is 0 Å². The Labute approximate surface area is 89.8 Å². The van der Waals surface area contributed by atoms with Gasteiger partial charge in [-0.05, 0) is 23.6 Å². The van der Waals surface area contributed by atoms with Gasteiger partial charge in [-0.3, -0.25) is 0 Å². The molecule has 0 saturated heterocycles. The fourth-order valence-corrected chi connectivity index (χ4v) is 1.40. The Balaban J connectivity index is 3.31. The summed E-state index contributed by atoms with van der Waals surface area (Å²) < 4.78 is 5.26. The summed E-state index contributed by atoms with van der Waals surface area (Å²) in [4.78, 5) is 13.8. The van der Waals surface area contributed by atoms with E-state index < -0.39 is 0 Å². The van der Waals surface area contributed by atoms with Crippen LogP contribution in [-0.2, 0) is 10.2 Å². The number of isocyanates is 1. The molecule has 0 aromatic heterocycles. The van der Waals surface area contributed by atoms with Crippen LogP contribution in [0.15, 0.2) is 23.2 Å². The minimum absolute atomic E-state index is 0.0419. The fraction of sp³-hybridized carbons (Fsp3) is 0.417. The lowest BCUT2D eigenvalue weighted by Crippen LogP contribution is -2.12. The van der Waals surface area contributed by atoms with Crippen LogP contribution in [0.2, 0.25) is 0 Å². The zero-order valence-electron chi connectivity index (χ0n) is 9.50. The molecule has 1 aromatic rings. The van der Waals surface area contributed by atoms with Crippen molar-refractivity contribution in [2.45, 2.75) is 26.2 Å². The molecule has 0 atom stereocenters. The Morgan fingerprint density at radius 3 is 2.47 bits per heavy atom. The second-order valence-electron chi connectivity index (χ2n) is 4.34. The molecule has 15 heavy (non-hydrogen) atoms. The lowest BCUT2D eigenvalue weighted by molar-refractivity contribution is 0.397. The van der Waals surface area contributed by atoms with Gasteiger partial charge in [0, 0.05) is 5.56 Å². The second-order valence-corrected chi connectivity index (χ2v) is 4.34. The van der Waals surface area contributed by atoms with E-state index in [4.69, 9.17) is 4.74 Å². The molecule has 0 amide bonds. The average Bonchev–Trinajstić information content (AvgIpc) is 2.17. The van der Waals surface area contributed by atoms with Crippen molar-refractivity contribution in [3.8, 4) is 5.75 Å². The maximum atomic E-state index is 10.2. The highest BCUT2D eigenvalue weighted by atomic mass is 16.5. The number of carbonyl (C=O) groups excluding carboxylic acids is 1. The molecular formula is C12H15NO2. The lowest BCUT2D eigenvalue weighted by atomic mass is 9.86. The van der Waals surface area contributed by atoms with Gasteiger partial charge in [-0.2, -0.15) is 4.99 Å². The highest BCUT2D eigenvalue weighted by Gasteiger charge is 2.19. The third-order valence-corrected chi connectivity index (χ3v) is 2.17. The van der Waals surface area contributed by atoms with Gasteiger partial charge < -0.3 is 4.74 Å². The predicted molar refractivity (Wildman–Crippen MR) is 59.5 cm³/mol. The van der Waals surface area contributed by atoms with Gasteiger partial charge in [0.25, 0.3) is 0 Å². The van der Waals surface area contributed by atoms with Crippen molar-refractivity contribution < 1.29 is 9.53 Å². The monoisotopic (exact) mass is 205 g/mol. The number of hydrogen-bond donors (Lipinski definition) is 0. The second kappa shape index (κ2) is 4.28. The van der Waals surface area contributed by atoms with Crippen LogP contribution in [0.25, 0.3) is 0 Å². The predicted octanol–water partition coefficient (Wildman–Crippen LogP) is 2.96. The normalized spacial score (nSPS) is 10.7. The minimum Gasteiger partial charge on any atom is -0.496 e. The first-order valence-corrected chi connectivity index (χ1v) is 4.75. The van der Waals surface area contributed by atoms with Crippen LogP contribution in [0, 0.1) is 0 Å². The Morgan fingerprint density at radius 2 is 2.00 bits per heavy atom. The molecule has 0 heterocycles. The molecule has 0 aliphatic carbocycles. The first-order chi connectivity index (χ1) is 6.99. The summed E-state index contributed by atoms with van der Waals surface area (Å²) in [5, 5.41) is 0. The maximum Gasteiger partial charge on any atom is 0.240 e. The number of rotatable bonds is 2. The van der Waals surface area contributed by atoms with E-state index in [2.05, 4.69) is 25.8 Å². The first-order valence-electron chi connectivity index (χ1n) is 4.75. The molecule has 1 aromatic carbocycles. The van der Waals surface area contributed by atoms with E-state index in [1.54, 1.807) is 13.2 Å². The highest BCUT2D eigenvalue weighted by molar-refractivity contribution is 5.54. The number of nitrogens with zero attached hydrogens (tertiary/aromatic N) is 1. The molecule has 0 bridgehead atoms.